The lowest BCUT2D eigenvalue weighted by Crippen LogP contribution is -2.10. The first kappa shape index (κ1) is 17.4. The van der Waals surface area contributed by atoms with Crippen LogP contribution in [0.1, 0.15) is 10.6 Å². The number of rotatable bonds is 4. The van der Waals surface area contributed by atoms with Gasteiger partial charge in [-0.2, -0.15) is 0 Å². The van der Waals surface area contributed by atoms with Crippen LogP contribution in [0.25, 0.3) is 21.5 Å². The van der Waals surface area contributed by atoms with Gasteiger partial charge < -0.3 is 4.42 Å². The lowest BCUT2D eigenvalue weighted by Gasteiger charge is -1.99. The third-order valence-electron chi connectivity index (χ3n) is 3.76. The number of carbonyl (C=O) groups excluding carboxylic acids is 1. The molecular formula is C18H10BrN3O4S. The molecule has 0 aliphatic heterocycles. The summed E-state index contributed by atoms with van der Waals surface area (Å²) in [5.41, 5.74) is 1.41. The van der Waals surface area contributed by atoms with E-state index in [1.54, 1.807) is 18.2 Å². The number of aromatic nitrogens is 1. The van der Waals surface area contributed by atoms with Crippen molar-refractivity contribution in [1.29, 1.82) is 0 Å². The molecule has 0 saturated heterocycles. The number of halogens is 1. The molecule has 2 aromatic carbocycles. The van der Waals surface area contributed by atoms with E-state index < -0.39 is 10.8 Å². The zero-order valence-electron chi connectivity index (χ0n) is 13.5. The average Bonchev–Trinajstić information content (AvgIpc) is 3.28. The quantitative estimate of drug-likeness (QED) is 0.332. The molecule has 9 heteroatoms. The molecule has 134 valence electrons. The van der Waals surface area contributed by atoms with Crippen LogP contribution in [-0.2, 0) is 0 Å². The van der Waals surface area contributed by atoms with E-state index in [2.05, 4.69) is 26.2 Å². The first-order valence-electron chi connectivity index (χ1n) is 7.72. The molecule has 0 fully saturated rings. The van der Waals surface area contributed by atoms with E-state index in [1.807, 2.05) is 24.3 Å². The average molecular weight is 444 g/mol. The van der Waals surface area contributed by atoms with Gasteiger partial charge >= 0.3 is 0 Å². The van der Waals surface area contributed by atoms with Gasteiger partial charge in [0.2, 0.25) is 0 Å². The van der Waals surface area contributed by atoms with Gasteiger partial charge in [0.1, 0.15) is 5.76 Å². The lowest BCUT2D eigenvalue weighted by molar-refractivity contribution is -0.384. The summed E-state index contributed by atoms with van der Waals surface area (Å²) in [6.45, 7) is 0. The molecule has 0 aliphatic rings. The van der Waals surface area contributed by atoms with Gasteiger partial charge in [-0.3, -0.25) is 20.2 Å². The molecule has 0 atom stereocenters. The fourth-order valence-electron chi connectivity index (χ4n) is 2.47. The minimum atomic E-state index is -0.468. The number of amides is 1. The molecule has 7 nitrogen and oxygen atoms in total. The van der Waals surface area contributed by atoms with Gasteiger partial charge in [-0.1, -0.05) is 39.4 Å². The molecule has 4 aromatic rings. The predicted octanol–water partition coefficient (Wildman–Crippen LogP) is 5.48. The Kier molecular flexibility index (Phi) is 4.46. The van der Waals surface area contributed by atoms with Crippen LogP contribution in [0.15, 0.2) is 63.5 Å². The standard InChI is InChI=1S/C18H10BrN3O4S/c19-11-3-1-10(2-4-11)14-7-8-15(26-14)17(23)21-18-20-13-6-5-12(22(24)25)9-16(13)27-18/h1-9H,(H,20,21,23). The number of nitro benzene ring substituents is 1. The molecule has 0 bridgehead atoms. The molecule has 27 heavy (non-hydrogen) atoms. The minimum absolute atomic E-state index is 0.0193. The van der Waals surface area contributed by atoms with Crippen molar-refractivity contribution in [3.63, 3.8) is 0 Å². The van der Waals surface area contributed by atoms with Crippen molar-refractivity contribution >= 4 is 54.2 Å². The van der Waals surface area contributed by atoms with E-state index in [0.717, 1.165) is 21.4 Å². The van der Waals surface area contributed by atoms with Gasteiger partial charge in [-0.05, 0) is 30.3 Å². The summed E-state index contributed by atoms with van der Waals surface area (Å²) in [6.07, 6.45) is 0. The van der Waals surface area contributed by atoms with Crippen molar-refractivity contribution in [3.8, 4) is 11.3 Å². The normalized spacial score (nSPS) is 10.9. The predicted molar refractivity (Wildman–Crippen MR) is 106 cm³/mol. The Bertz CT molecular complexity index is 1170. The third kappa shape index (κ3) is 3.60. The monoisotopic (exact) mass is 443 g/mol. The number of fused-ring (bicyclic) bond motifs is 1. The number of carbonyl (C=O) groups is 1. The Morgan fingerprint density at radius 3 is 2.67 bits per heavy atom. The summed E-state index contributed by atoms with van der Waals surface area (Å²) in [5, 5.41) is 13.9. The zero-order chi connectivity index (χ0) is 19.0. The van der Waals surface area contributed by atoms with Gasteiger partial charge in [-0.25, -0.2) is 4.98 Å². The summed E-state index contributed by atoms with van der Waals surface area (Å²) in [5.74, 6) is 0.289. The van der Waals surface area contributed by atoms with Crippen LogP contribution in [0.3, 0.4) is 0 Å². The molecule has 0 radical (unpaired) electrons. The number of hydrogen-bond donors (Lipinski definition) is 1. The number of furan rings is 1. The molecule has 1 N–H and O–H groups in total. The van der Waals surface area contributed by atoms with Crippen LogP contribution in [0.4, 0.5) is 10.8 Å². The van der Waals surface area contributed by atoms with Gasteiger partial charge in [0.25, 0.3) is 11.6 Å². The maximum Gasteiger partial charge on any atom is 0.293 e. The highest BCUT2D eigenvalue weighted by atomic mass is 79.9. The fourth-order valence-corrected chi connectivity index (χ4v) is 3.63. The summed E-state index contributed by atoms with van der Waals surface area (Å²) in [6, 6.07) is 15.2. The van der Waals surface area contributed by atoms with Crippen molar-refractivity contribution in [2.45, 2.75) is 0 Å². The molecule has 0 spiro atoms. The Hall–Kier alpha value is -3.04. The molecule has 0 aliphatic carbocycles. The Balaban J connectivity index is 1.54. The maximum atomic E-state index is 12.4. The lowest BCUT2D eigenvalue weighted by atomic mass is 10.2. The molecule has 0 saturated carbocycles. The van der Waals surface area contributed by atoms with E-state index in [4.69, 9.17) is 4.42 Å². The van der Waals surface area contributed by atoms with Gasteiger partial charge in [0, 0.05) is 22.2 Å². The molecule has 4 rings (SSSR count). The SMILES string of the molecule is O=C(Nc1nc2ccc([N+](=O)[O-])cc2s1)c1ccc(-c2ccc(Br)cc2)o1. The second-order valence-corrected chi connectivity index (χ2v) is 7.50. The van der Waals surface area contributed by atoms with E-state index in [1.165, 1.54) is 12.1 Å². The largest absolute Gasteiger partial charge is 0.451 e. The van der Waals surface area contributed by atoms with Crippen LogP contribution in [0.5, 0.6) is 0 Å². The molecule has 1 amide bonds. The smallest absolute Gasteiger partial charge is 0.293 e. The van der Waals surface area contributed by atoms with E-state index >= 15 is 0 Å². The highest BCUT2D eigenvalue weighted by molar-refractivity contribution is 9.10. The summed E-state index contributed by atoms with van der Waals surface area (Å²) in [4.78, 5) is 27.1. The van der Waals surface area contributed by atoms with Crippen LogP contribution in [0.2, 0.25) is 0 Å². The minimum Gasteiger partial charge on any atom is -0.451 e. The topological polar surface area (TPSA) is 98.3 Å². The van der Waals surface area contributed by atoms with Crippen molar-refractivity contribution in [3.05, 3.63) is 74.9 Å². The van der Waals surface area contributed by atoms with Crippen molar-refractivity contribution in [1.82, 2.24) is 4.98 Å². The van der Waals surface area contributed by atoms with E-state index in [-0.39, 0.29) is 11.4 Å². The number of nitro groups is 1. The van der Waals surface area contributed by atoms with Crippen LogP contribution >= 0.6 is 27.3 Å². The van der Waals surface area contributed by atoms with Crippen molar-refractivity contribution < 1.29 is 14.1 Å². The number of non-ortho nitro benzene ring substituents is 1. The third-order valence-corrected chi connectivity index (χ3v) is 5.22. The van der Waals surface area contributed by atoms with Crippen molar-refractivity contribution in [2.75, 3.05) is 5.32 Å². The molecule has 0 unspecified atom stereocenters. The van der Waals surface area contributed by atoms with Gasteiger partial charge in [-0.15, -0.1) is 0 Å². The zero-order valence-corrected chi connectivity index (χ0v) is 15.9. The fraction of sp³-hybridized carbons (Fsp3) is 0. The number of anilines is 1. The second kappa shape index (κ2) is 6.93. The Morgan fingerprint density at radius 1 is 1.15 bits per heavy atom. The summed E-state index contributed by atoms with van der Waals surface area (Å²) < 4.78 is 7.20. The number of thiazole rings is 1. The summed E-state index contributed by atoms with van der Waals surface area (Å²) in [7, 11) is 0. The number of hydrogen-bond acceptors (Lipinski definition) is 6. The van der Waals surface area contributed by atoms with E-state index in [9.17, 15) is 14.9 Å². The number of benzene rings is 2. The summed E-state index contributed by atoms with van der Waals surface area (Å²) >= 11 is 4.53. The first-order valence-corrected chi connectivity index (χ1v) is 9.33. The maximum absolute atomic E-state index is 12.4. The van der Waals surface area contributed by atoms with Crippen LogP contribution < -0.4 is 5.32 Å². The molecule has 2 heterocycles. The van der Waals surface area contributed by atoms with Crippen LogP contribution in [-0.4, -0.2) is 15.8 Å². The highest BCUT2D eigenvalue weighted by Crippen LogP contribution is 2.30. The van der Waals surface area contributed by atoms with Crippen molar-refractivity contribution in [2.24, 2.45) is 0 Å². The van der Waals surface area contributed by atoms with Gasteiger partial charge in [0.05, 0.1) is 15.1 Å². The van der Waals surface area contributed by atoms with Gasteiger partial charge in [0.15, 0.2) is 10.9 Å². The van der Waals surface area contributed by atoms with E-state index in [0.29, 0.717) is 21.1 Å². The van der Waals surface area contributed by atoms with Crippen LogP contribution in [0, 0.1) is 10.1 Å². The second-order valence-electron chi connectivity index (χ2n) is 5.55. The number of nitrogens with zero attached hydrogens (tertiary/aromatic N) is 2. The Morgan fingerprint density at radius 2 is 1.93 bits per heavy atom. The number of nitrogens with one attached hydrogen (secondary N) is 1. The molecular weight excluding hydrogens is 434 g/mol. The molecule has 2 aromatic heterocycles. The Labute approximate surface area is 164 Å². The first-order chi connectivity index (χ1) is 13.0. The highest BCUT2D eigenvalue weighted by Gasteiger charge is 2.16.